The molecule has 27 heavy (non-hydrogen) atoms. The number of carbonyl (C=O) groups excluding carboxylic acids is 2. The molecule has 2 amide bonds. The Morgan fingerprint density at radius 2 is 2.07 bits per heavy atom. The molecule has 0 bridgehead atoms. The molecule has 2 aromatic rings. The van der Waals surface area contributed by atoms with Crippen LogP contribution < -0.4 is 11.1 Å². The van der Waals surface area contributed by atoms with Gasteiger partial charge in [0.1, 0.15) is 11.4 Å². The van der Waals surface area contributed by atoms with Crippen molar-refractivity contribution in [2.24, 2.45) is 10.7 Å². The van der Waals surface area contributed by atoms with Gasteiger partial charge in [0.25, 0.3) is 5.91 Å². The second-order valence-electron chi connectivity index (χ2n) is 6.24. The van der Waals surface area contributed by atoms with Crippen molar-refractivity contribution in [2.75, 3.05) is 12.4 Å². The Bertz CT molecular complexity index is 964. The molecule has 1 unspecified atom stereocenters. The number of rotatable bonds is 3. The Hall–Kier alpha value is -3.43. The summed E-state index contributed by atoms with van der Waals surface area (Å²) in [5, 5.41) is 2.47. The largest absolute Gasteiger partial charge is 0.369 e. The van der Waals surface area contributed by atoms with Crippen LogP contribution >= 0.6 is 0 Å². The lowest BCUT2D eigenvalue weighted by molar-refractivity contribution is -0.128. The normalized spacial score (nSPS) is 19.6. The zero-order valence-electron chi connectivity index (χ0n) is 14.5. The third-order valence-electron chi connectivity index (χ3n) is 4.17. The highest BCUT2D eigenvalue weighted by Gasteiger charge is 2.37. The molecule has 0 saturated heterocycles. The summed E-state index contributed by atoms with van der Waals surface area (Å²) in [6, 6.07) is 3.56. The molecule has 0 fully saturated rings. The summed E-state index contributed by atoms with van der Waals surface area (Å²) in [5.74, 6) is -2.98. The molecule has 140 valence electrons. The second kappa shape index (κ2) is 6.71. The van der Waals surface area contributed by atoms with Crippen LogP contribution in [0.3, 0.4) is 0 Å². The average molecular weight is 374 g/mol. The van der Waals surface area contributed by atoms with Gasteiger partial charge < -0.3 is 11.1 Å². The van der Waals surface area contributed by atoms with Gasteiger partial charge in [-0.1, -0.05) is 0 Å². The van der Waals surface area contributed by atoms with Gasteiger partial charge in [0.15, 0.2) is 17.5 Å². The lowest BCUT2D eigenvalue weighted by atomic mass is 9.91. The number of anilines is 1. The number of carbonyl (C=O) groups is 2. The van der Waals surface area contributed by atoms with Crippen LogP contribution in [0.4, 0.5) is 14.5 Å². The predicted octanol–water partition coefficient (Wildman–Crippen LogP) is 1.40. The molecule has 1 aliphatic heterocycles. The highest BCUT2D eigenvalue weighted by atomic mass is 19.1. The fourth-order valence-electron chi connectivity index (χ4n) is 2.63. The monoisotopic (exact) mass is 374 g/mol. The molecule has 3 heterocycles. The minimum absolute atomic E-state index is 0.0444. The summed E-state index contributed by atoms with van der Waals surface area (Å²) in [4.78, 5) is 37.5. The van der Waals surface area contributed by atoms with Gasteiger partial charge in [0.2, 0.25) is 5.91 Å². The first kappa shape index (κ1) is 18.4. The summed E-state index contributed by atoms with van der Waals surface area (Å²) in [6.45, 7) is 1.69. The summed E-state index contributed by atoms with van der Waals surface area (Å²) in [5.41, 5.74) is 4.92. The van der Waals surface area contributed by atoms with E-state index in [0.717, 1.165) is 6.20 Å². The van der Waals surface area contributed by atoms with E-state index >= 15 is 0 Å². The molecular weight excluding hydrogens is 358 g/mol. The molecule has 3 N–H and O–H groups in total. The van der Waals surface area contributed by atoms with Gasteiger partial charge in [-0.05, 0) is 19.1 Å². The summed E-state index contributed by atoms with van der Waals surface area (Å²) in [7, 11) is 1.52. The van der Waals surface area contributed by atoms with Crippen molar-refractivity contribution in [1.82, 2.24) is 14.9 Å². The van der Waals surface area contributed by atoms with Crippen LogP contribution in [0, 0.1) is 11.6 Å². The zero-order valence-corrected chi connectivity index (χ0v) is 14.5. The van der Waals surface area contributed by atoms with E-state index in [1.54, 1.807) is 6.92 Å². The fraction of sp³-hybridized carbons (Fsp3) is 0.235. The minimum atomic E-state index is -1.08. The molecule has 3 rings (SSSR count). The number of guanidine groups is 1. The van der Waals surface area contributed by atoms with Gasteiger partial charge in [-0.2, -0.15) is 0 Å². The van der Waals surface area contributed by atoms with E-state index in [2.05, 4.69) is 20.3 Å². The fourth-order valence-corrected chi connectivity index (χ4v) is 2.63. The summed E-state index contributed by atoms with van der Waals surface area (Å²) >= 11 is 0. The first-order valence-electron chi connectivity index (χ1n) is 7.90. The molecule has 0 saturated carbocycles. The minimum Gasteiger partial charge on any atom is -0.369 e. The number of halogens is 2. The Labute approximate surface area is 153 Å². The Morgan fingerprint density at radius 1 is 1.33 bits per heavy atom. The number of nitrogens with zero attached hydrogens (tertiary/aromatic N) is 4. The molecule has 2 aromatic heterocycles. The Morgan fingerprint density at radius 3 is 2.74 bits per heavy atom. The number of nitrogens with one attached hydrogen (secondary N) is 1. The van der Waals surface area contributed by atoms with E-state index in [4.69, 9.17) is 5.73 Å². The molecule has 0 aliphatic carbocycles. The van der Waals surface area contributed by atoms with Gasteiger partial charge in [-0.15, -0.1) is 0 Å². The third-order valence-corrected chi connectivity index (χ3v) is 4.17. The average Bonchev–Trinajstić information content (AvgIpc) is 2.59. The van der Waals surface area contributed by atoms with Crippen LogP contribution in [0.25, 0.3) is 0 Å². The van der Waals surface area contributed by atoms with E-state index in [-0.39, 0.29) is 24.0 Å². The van der Waals surface area contributed by atoms with E-state index < -0.39 is 28.8 Å². The van der Waals surface area contributed by atoms with Gasteiger partial charge in [0.05, 0.1) is 18.3 Å². The molecule has 0 aromatic carbocycles. The maximum absolute atomic E-state index is 13.7. The molecule has 1 atom stereocenters. The van der Waals surface area contributed by atoms with Crippen molar-refractivity contribution >= 4 is 23.5 Å². The van der Waals surface area contributed by atoms with Crippen molar-refractivity contribution in [3.8, 4) is 0 Å². The number of aromatic nitrogens is 2. The molecule has 1 aliphatic rings. The number of pyridine rings is 2. The molecule has 0 radical (unpaired) electrons. The van der Waals surface area contributed by atoms with Gasteiger partial charge in [-0.25, -0.2) is 18.8 Å². The van der Waals surface area contributed by atoms with Gasteiger partial charge >= 0.3 is 0 Å². The summed E-state index contributed by atoms with van der Waals surface area (Å²) in [6.07, 6.45) is 2.21. The number of nitrogens with two attached hydrogens (primary N) is 1. The van der Waals surface area contributed by atoms with Crippen molar-refractivity contribution in [3.63, 3.8) is 0 Å². The molecular formula is C17H16F2N6O2. The smallest absolute Gasteiger partial charge is 0.277 e. The predicted molar refractivity (Wildman–Crippen MR) is 92.7 cm³/mol. The van der Waals surface area contributed by atoms with Crippen LogP contribution in [0.1, 0.15) is 29.5 Å². The quantitative estimate of drug-likeness (QED) is 0.843. The van der Waals surface area contributed by atoms with Crippen LogP contribution in [-0.4, -0.2) is 39.7 Å². The van der Waals surface area contributed by atoms with Crippen molar-refractivity contribution < 1.29 is 18.4 Å². The Kier molecular flexibility index (Phi) is 4.56. The first-order valence-corrected chi connectivity index (χ1v) is 7.90. The van der Waals surface area contributed by atoms with Gasteiger partial charge in [0, 0.05) is 25.0 Å². The second-order valence-corrected chi connectivity index (χ2v) is 6.24. The van der Waals surface area contributed by atoms with Gasteiger partial charge in [-0.3, -0.25) is 19.5 Å². The topological polar surface area (TPSA) is 114 Å². The molecule has 0 spiro atoms. The van der Waals surface area contributed by atoms with Crippen LogP contribution in [0.2, 0.25) is 0 Å². The SMILES string of the molecule is CN1C(=O)CC(C)(c2cc(NC(=O)c3ncc(F)cc3F)ccn2)N=C1N. The highest BCUT2D eigenvalue weighted by Crippen LogP contribution is 2.32. The van der Waals surface area contributed by atoms with Crippen LogP contribution in [0.15, 0.2) is 35.6 Å². The lowest BCUT2D eigenvalue weighted by Gasteiger charge is -2.32. The Balaban J connectivity index is 1.88. The van der Waals surface area contributed by atoms with Crippen molar-refractivity contribution in [3.05, 3.63) is 53.6 Å². The number of hydrogen-bond acceptors (Lipinski definition) is 6. The zero-order chi connectivity index (χ0) is 19.8. The third kappa shape index (κ3) is 3.59. The highest BCUT2D eigenvalue weighted by molar-refractivity contribution is 6.03. The first-order chi connectivity index (χ1) is 12.7. The molecule has 8 nitrogen and oxygen atoms in total. The molecule has 10 heteroatoms. The van der Waals surface area contributed by atoms with E-state index in [1.807, 2.05) is 0 Å². The standard InChI is InChI=1S/C17H16F2N6O2/c1-17(7-13(26)25(2)16(20)24-17)12-6-10(3-4-21-12)23-15(27)14-11(19)5-9(18)8-22-14/h3-6,8H,7H2,1-2H3,(H2,20,24)(H,21,23,27). The number of hydrogen-bond donors (Lipinski definition) is 2. The van der Waals surface area contributed by atoms with E-state index in [0.29, 0.717) is 11.8 Å². The van der Waals surface area contributed by atoms with E-state index in [1.165, 1.54) is 30.3 Å². The van der Waals surface area contributed by atoms with Crippen molar-refractivity contribution in [1.29, 1.82) is 0 Å². The van der Waals surface area contributed by atoms with Crippen molar-refractivity contribution in [2.45, 2.75) is 18.9 Å². The lowest BCUT2D eigenvalue weighted by Crippen LogP contribution is -2.47. The maximum Gasteiger partial charge on any atom is 0.277 e. The maximum atomic E-state index is 13.7. The number of aliphatic imine (C=N–C) groups is 1. The van der Waals surface area contributed by atoms with Crippen LogP contribution in [0.5, 0.6) is 0 Å². The van der Waals surface area contributed by atoms with Crippen LogP contribution in [-0.2, 0) is 10.3 Å². The summed E-state index contributed by atoms with van der Waals surface area (Å²) < 4.78 is 26.6. The van der Waals surface area contributed by atoms with E-state index in [9.17, 15) is 18.4 Å². The number of amides is 2.